The van der Waals surface area contributed by atoms with Gasteiger partial charge in [-0.3, -0.25) is 0 Å². The lowest BCUT2D eigenvalue weighted by Gasteiger charge is -2.15. The van der Waals surface area contributed by atoms with E-state index in [1.165, 1.54) is 18.6 Å². The predicted octanol–water partition coefficient (Wildman–Crippen LogP) is 2.16. The summed E-state index contributed by atoms with van der Waals surface area (Å²) < 4.78 is 15.4. The van der Waals surface area contributed by atoms with Crippen LogP contribution in [0.1, 0.15) is 19.8 Å². The van der Waals surface area contributed by atoms with Crippen molar-refractivity contribution in [1.82, 2.24) is 0 Å². The first-order valence-electron chi connectivity index (χ1n) is 5.02. The fourth-order valence-corrected chi connectivity index (χ4v) is 2.07. The molecule has 0 spiro atoms. The second-order valence-corrected chi connectivity index (χ2v) is 4.23. The highest BCUT2D eigenvalue weighted by Gasteiger charge is 2.08. The molecule has 0 rings (SSSR count). The van der Waals surface area contributed by atoms with Crippen LogP contribution >= 0.6 is 11.8 Å². The Morgan fingerprint density at radius 3 is 2.57 bits per heavy atom. The average Bonchev–Trinajstić information content (AvgIpc) is 2.20. The summed E-state index contributed by atoms with van der Waals surface area (Å²) in [7, 11) is 3.33. The predicted molar refractivity (Wildman–Crippen MR) is 60.9 cm³/mol. The molecule has 0 N–H and O–H groups in total. The van der Waals surface area contributed by atoms with E-state index in [1.807, 2.05) is 11.8 Å². The lowest BCUT2D eigenvalue weighted by atomic mass is 10.4. The Kier molecular flexibility index (Phi) is 11.5. The molecule has 86 valence electrons. The van der Waals surface area contributed by atoms with Gasteiger partial charge in [0.2, 0.25) is 0 Å². The summed E-state index contributed by atoms with van der Waals surface area (Å²) in [6, 6.07) is 0. The van der Waals surface area contributed by atoms with Crippen LogP contribution in [0.5, 0.6) is 0 Å². The van der Waals surface area contributed by atoms with Gasteiger partial charge in [-0.15, -0.1) is 0 Å². The zero-order valence-corrected chi connectivity index (χ0v) is 10.3. The van der Waals surface area contributed by atoms with Gasteiger partial charge in [0.15, 0.2) is 0 Å². The van der Waals surface area contributed by atoms with Crippen LogP contribution in [0.3, 0.4) is 0 Å². The minimum absolute atomic E-state index is 0.154. The molecule has 3 nitrogen and oxygen atoms in total. The second-order valence-electron chi connectivity index (χ2n) is 3.08. The van der Waals surface area contributed by atoms with E-state index in [9.17, 15) is 0 Å². The molecule has 0 aliphatic carbocycles. The molecule has 0 aliphatic rings. The van der Waals surface area contributed by atoms with Gasteiger partial charge >= 0.3 is 0 Å². The van der Waals surface area contributed by atoms with Gasteiger partial charge in [0.05, 0.1) is 12.7 Å². The van der Waals surface area contributed by atoms with Gasteiger partial charge in [-0.25, -0.2) is 0 Å². The number of ether oxygens (including phenoxy) is 3. The maximum Gasteiger partial charge on any atom is 0.146 e. The molecular weight excluding hydrogens is 200 g/mol. The van der Waals surface area contributed by atoms with Gasteiger partial charge in [0, 0.05) is 20.0 Å². The van der Waals surface area contributed by atoms with Gasteiger partial charge < -0.3 is 14.2 Å². The van der Waals surface area contributed by atoms with Crippen LogP contribution in [0.4, 0.5) is 0 Å². The number of thioether (sulfide) groups is 1. The molecular formula is C10H22O3S. The number of hydrogen-bond donors (Lipinski definition) is 0. The van der Waals surface area contributed by atoms with Gasteiger partial charge in [-0.05, 0) is 12.2 Å². The summed E-state index contributed by atoms with van der Waals surface area (Å²) in [4.78, 5) is 0. The van der Waals surface area contributed by atoms with E-state index in [0.717, 1.165) is 5.75 Å². The number of methoxy groups -OCH3 is 2. The summed E-state index contributed by atoms with van der Waals surface area (Å²) in [5.41, 5.74) is 0. The molecule has 1 unspecified atom stereocenters. The Morgan fingerprint density at radius 1 is 1.21 bits per heavy atom. The zero-order chi connectivity index (χ0) is 10.6. The van der Waals surface area contributed by atoms with Crippen molar-refractivity contribution in [3.05, 3.63) is 0 Å². The Balaban J connectivity index is 3.40. The van der Waals surface area contributed by atoms with Crippen LogP contribution in [-0.2, 0) is 14.2 Å². The van der Waals surface area contributed by atoms with Crippen LogP contribution in [0.15, 0.2) is 0 Å². The monoisotopic (exact) mass is 222 g/mol. The fourth-order valence-electron chi connectivity index (χ4n) is 0.956. The lowest BCUT2D eigenvalue weighted by Crippen LogP contribution is -2.23. The van der Waals surface area contributed by atoms with Crippen molar-refractivity contribution in [2.24, 2.45) is 0 Å². The fraction of sp³-hybridized carbons (Fsp3) is 1.00. The van der Waals surface area contributed by atoms with Crippen molar-refractivity contribution < 1.29 is 14.2 Å². The molecule has 0 radical (unpaired) electrons. The molecule has 0 saturated heterocycles. The average molecular weight is 222 g/mol. The van der Waals surface area contributed by atoms with Gasteiger partial charge in [0.25, 0.3) is 0 Å². The maximum absolute atomic E-state index is 5.44. The van der Waals surface area contributed by atoms with Crippen molar-refractivity contribution in [2.45, 2.75) is 25.9 Å². The molecule has 0 aromatic heterocycles. The Labute approximate surface area is 91.5 Å². The molecule has 0 aromatic rings. The van der Waals surface area contributed by atoms with Crippen LogP contribution in [0.2, 0.25) is 0 Å². The van der Waals surface area contributed by atoms with E-state index in [-0.39, 0.29) is 6.10 Å². The summed E-state index contributed by atoms with van der Waals surface area (Å²) in [6.45, 7) is 3.19. The maximum atomic E-state index is 5.44. The highest BCUT2D eigenvalue weighted by Crippen LogP contribution is 2.09. The van der Waals surface area contributed by atoms with Crippen LogP contribution in [-0.4, -0.2) is 45.2 Å². The topological polar surface area (TPSA) is 27.7 Å². The van der Waals surface area contributed by atoms with Crippen molar-refractivity contribution in [2.75, 3.05) is 39.1 Å². The molecule has 0 aliphatic heterocycles. The summed E-state index contributed by atoms with van der Waals surface area (Å²) in [5.74, 6) is 2.18. The van der Waals surface area contributed by atoms with Crippen molar-refractivity contribution >= 4 is 11.8 Å². The normalized spacial score (nSPS) is 13.1. The summed E-state index contributed by atoms with van der Waals surface area (Å²) in [6.07, 6.45) is 2.68. The first-order valence-corrected chi connectivity index (χ1v) is 6.17. The highest BCUT2D eigenvalue weighted by atomic mass is 32.2. The van der Waals surface area contributed by atoms with E-state index >= 15 is 0 Å². The third kappa shape index (κ3) is 8.81. The Hall–Kier alpha value is 0.230. The van der Waals surface area contributed by atoms with Crippen LogP contribution in [0.25, 0.3) is 0 Å². The minimum Gasteiger partial charge on any atom is -0.382 e. The molecule has 0 bridgehead atoms. The van der Waals surface area contributed by atoms with E-state index in [1.54, 1.807) is 14.2 Å². The Morgan fingerprint density at radius 2 is 2.00 bits per heavy atom. The molecule has 0 fully saturated rings. The molecule has 4 heteroatoms. The first kappa shape index (κ1) is 14.2. The highest BCUT2D eigenvalue weighted by molar-refractivity contribution is 7.99. The molecule has 14 heavy (non-hydrogen) atoms. The first-order chi connectivity index (χ1) is 6.85. The molecule has 0 aromatic carbocycles. The quantitative estimate of drug-likeness (QED) is 0.418. The molecule has 0 amide bonds. The van der Waals surface area contributed by atoms with E-state index in [2.05, 4.69) is 6.92 Å². The largest absolute Gasteiger partial charge is 0.382 e. The molecule has 1 atom stereocenters. The van der Waals surface area contributed by atoms with Gasteiger partial charge in [0.1, 0.15) is 6.79 Å². The lowest BCUT2D eigenvalue weighted by molar-refractivity contribution is -0.0829. The van der Waals surface area contributed by atoms with E-state index < -0.39 is 0 Å². The van der Waals surface area contributed by atoms with Crippen molar-refractivity contribution in [1.29, 1.82) is 0 Å². The van der Waals surface area contributed by atoms with Gasteiger partial charge in [-0.1, -0.05) is 13.3 Å². The van der Waals surface area contributed by atoms with Crippen molar-refractivity contribution in [3.63, 3.8) is 0 Å². The third-order valence-corrected chi connectivity index (χ3v) is 2.90. The van der Waals surface area contributed by atoms with E-state index in [4.69, 9.17) is 14.2 Å². The van der Waals surface area contributed by atoms with Crippen LogP contribution < -0.4 is 0 Å². The minimum atomic E-state index is 0.154. The van der Waals surface area contributed by atoms with Crippen LogP contribution in [0, 0.1) is 0 Å². The standard InChI is InChI=1S/C10H22O3S/c1-4-5-6-14-8-10(7-11-2)13-9-12-3/h10H,4-9H2,1-3H3. The number of hydrogen-bond acceptors (Lipinski definition) is 4. The van der Waals surface area contributed by atoms with E-state index in [0.29, 0.717) is 13.4 Å². The molecule has 0 saturated carbocycles. The Bertz CT molecular complexity index is 112. The van der Waals surface area contributed by atoms with Crippen molar-refractivity contribution in [3.8, 4) is 0 Å². The van der Waals surface area contributed by atoms with Gasteiger partial charge in [-0.2, -0.15) is 11.8 Å². The third-order valence-electron chi connectivity index (χ3n) is 1.72. The number of rotatable bonds is 10. The SMILES string of the molecule is CCCCSCC(COC)OCOC. The summed E-state index contributed by atoms with van der Waals surface area (Å²) >= 11 is 1.92. The zero-order valence-electron chi connectivity index (χ0n) is 9.45. The second kappa shape index (κ2) is 11.3. The smallest absolute Gasteiger partial charge is 0.146 e. The number of unbranched alkanes of at least 4 members (excludes halogenated alkanes) is 1. The molecule has 0 heterocycles. The summed E-state index contributed by atoms with van der Waals surface area (Å²) in [5, 5.41) is 0.